The number of hydrogen-bond donors (Lipinski definition) is 2. The summed E-state index contributed by atoms with van der Waals surface area (Å²) in [7, 11) is 1.84. The van der Waals surface area contributed by atoms with Gasteiger partial charge in [-0.1, -0.05) is 49.3 Å². The maximum absolute atomic E-state index is 12.9. The van der Waals surface area contributed by atoms with Gasteiger partial charge in [-0.3, -0.25) is 9.59 Å². The monoisotopic (exact) mass is 577 g/mol. The van der Waals surface area contributed by atoms with Crippen LogP contribution in [0.15, 0.2) is 46.0 Å². The van der Waals surface area contributed by atoms with Gasteiger partial charge in [0.05, 0.1) is 28.1 Å². The molecule has 186 valence electrons. The first-order valence-electron chi connectivity index (χ1n) is 11.2. The summed E-state index contributed by atoms with van der Waals surface area (Å²) in [6.07, 6.45) is 0.675. The molecule has 3 rings (SSSR count). The summed E-state index contributed by atoms with van der Waals surface area (Å²) < 4.78 is 2.66. The van der Waals surface area contributed by atoms with Gasteiger partial charge in [0.25, 0.3) is 5.91 Å². The molecular weight excluding hydrogens is 550 g/mol. The molecule has 1 aromatic heterocycles. The van der Waals surface area contributed by atoms with Crippen molar-refractivity contribution in [3.05, 3.63) is 68.4 Å². The summed E-state index contributed by atoms with van der Waals surface area (Å²) in [5, 5.41) is 15.6. The summed E-state index contributed by atoms with van der Waals surface area (Å²) in [5.41, 5.74) is 3.39. The molecule has 0 radical (unpaired) electrons. The van der Waals surface area contributed by atoms with Crippen LogP contribution in [-0.4, -0.2) is 32.3 Å². The largest absolute Gasteiger partial charge is 0.342 e. The highest BCUT2D eigenvalue weighted by molar-refractivity contribution is 9.10. The normalized spacial score (nSPS) is 12.0. The van der Waals surface area contributed by atoms with Crippen LogP contribution < -0.4 is 10.6 Å². The Hall–Kier alpha value is -2.36. The molecule has 0 spiro atoms. The molecule has 35 heavy (non-hydrogen) atoms. The lowest BCUT2D eigenvalue weighted by Gasteiger charge is -2.20. The van der Waals surface area contributed by atoms with E-state index in [1.54, 1.807) is 24.3 Å². The Morgan fingerprint density at radius 2 is 1.83 bits per heavy atom. The molecule has 0 aliphatic carbocycles. The van der Waals surface area contributed by atoms with Gasteiger partial charge in [0.1, 0.15) is 0 Å². The number of nitrogens with one attached hydrogen (secondary N) is 2. The molecule has 1 heterocycles. The Balaban J connectivity index is 1.70. The Kier molecular flexibility index (Phi) is 9.38. The van der Waals surface area contributed by atoms with Crippen molar-refractivity contribution in [2.24, 2.45) is 13.0 Å². The van der Waals surface area contributed by atoms with Crippen molar-refractivity contribution < 1.29 is 9.59 Å². The number of amides is 2. The minimum atomic E-state index is -0.356. The highest BCUT2D eigenvalue weighted by atomic mass is 79.9. The van der Waals surface area contributed by atoms with E-state index in [1.165, 1.54) is 11.8 Å². The molecule has 0 fully saturated rings. The van der Waals surface area contributed by atoms with E-state index < -0.39 is 0 Å². The minimum absolute atomic E-state index is 0.144. The molecule has 10 heteroatoms. The first kappa shape index (κ1) is 27.2. The predicted molar refractivity (Wildman–Crippen MR) is 145 cm³/mol. The molecule has 0 aliphatic heterocycles. The van der Waals surface area contributed by atoms with Gasteiger partial charge in [0, 0.05) is 11.5 Å². The number of carbonyl (C=O) groups excluding carboxylic acids is 2. The quantitative estimate of drug-likeness (QED) is 0.300. The van der Waals surface area contributed by atoms with Gasteiger partial charge in [0.15, 0.2) is 11.0 Å². The van der Waals surface area contributed by atoms with Crippen molar-refractivity contribution in [3.63, 3.8) is 0 Å². The number of aromatic nitrogens is 3. The Morgan fingerprint density at radius 1 is 1.14 bits per heavy atom. The molecule has 0 bridgehead atoms. The van der Waals surface area contributed by atoms with E-state index in [-0.39, 0.29) is 23.6 Å². The van der Waals surface area contributed by atoms with Crippen LogP contribution in [0, 0.1) is 19.8 Å². The first-order valence-corrected chi connectivity index (χ1v) is 13.4. The molecular formula is C25H29BrClN5O2S. The lowest BCUT2D eigenvalue weighted by Crippen LogP contribution is -2.31. The third-order valence-corrected chi connectivity index (χ3v) is 7.51. The smallest absolute Gasteiger partial charge is 0.253 e. The average Bonchev–Trinajstić information content (AvgIpc) is 3.15. The average molecular weight is 579 g/mol. The van der Waals surface area contributed by atoms with Crippen molar-refractivity contribution in [2.75, 3.05) is 11.1 Å². The van der Waals surface area contributed by atoms with Crippen molar-refractivity contribution in [2.45, 2.75) is 45.3 Å². The van der Waals surface area contributed by atoms with Gasteiger partial charge in [-0.05, 0) is 77.5 Å². The van der Waals surface area contributed by atoms with E-state index in [0.29, 0.717) is 33.9 Å². The van der Waals surface area contributed by atoms with E-state index in [1.807, 2.05) is 37.6 Å². The van der Waals surface area contributed by atoms with Crippen LogP contribution in [0.2, 0.25) is 5.02 Å². The Morgan fingerprint density at radius 3 is 2.51 bits per heavy atom. The molecule has 0 saturated heterocycles. The van der Waals surface area contributed by atoms with E-state index in [2.05, 4.69) is 50.6 Å². The van der Waals surface area contributed by atoms with Crippen LogP contribution in [0.1, 0.15) is 53.6 Å². The first-order chi connectivity index (χ1) is 16.6. The van der Waals surface area contributed by atoms with Gasteiger partial charge < -0.3 is 15.2 Å². The van der Waals surface area contributed by atoms with Crippen molar-refractivity contribution in [1.29, 1.82) is 0 Å². The Labute approximate surface area is 223 Å². The number of carbonyl (C=O) groups is 2. The summed E-state index contributed by atoms with van der Waals surface area (Å²) in [6.45, 7) is 8.19. The van der Waals surface area contributed by atoms with Crippen LogP contribution in [0.3, 0.4) is 0 Å². The minimum Gasteiger partial charge on any atom is -0.342 e. The third kappa shape index (κ3) is 7.08. The summed E-state index contributed by atoms with van der Waals surface area (Å²) in [4.78, 5) is 25.5. The lowest BCUT2D eigenvalue weighted by atomic mass is 10.0. The van der Waals surface area contributed by atoms with E-state index >= 15 is 0 Å². The van der Waals surface area contributed by atoms with Crippen molar-refractivity contribution in [3.8, 4) is 0 Å². The van der Waals surface area contributed by atoms with Gasteiger partial charge >= 0.3 is 0 Å². The molecule has 0 unspecified atom stereocenters. The Bertz CT molecular complexity index is 1230. The summed E-state index contributed by atoms with van der Waals surface area (Å²) in [6, 6.07) is 10.5. The maximum atomic E-state index is 12.9. The summed E-state index contributed by atoms with van der Waals surface area (Å²) >= 11 is 11.0. The van der Waals surface area contributed by atoms with Crippen molar-refractivity contribution >= 4 is 56.8 Å². The number of hydrogen-bond acceptors (Lipinski definition) is 5. The molecule has 0 saturated carbocycles. The number of benzene rings is 2. The second kappa shape index (κ2) is 12.1. The number of nitrogens with zero attached hydrogens (tertiary/aromatic N) is 3. The van der Waals surface area contributed by atoms with Crippen LogP contribution in [0.4, 0.5) is 5.69 Å². The standard InChI is InChI=1S/C25H29BrClN5O2S/c1-14(2)10-21(29-24(34)17-8-6-7-9-19(17)27)23-30-31-25(32(23)5)35-13-22(33)28-20-12-16(4)15(3)11-18(20)26/h6-9,11-12,14,21H,10,13H2,1-5H3,(H,28,33)(H,29,34)/t21-/m1/s1. The van der Waals surface area contributed by atoms with Gasteiger partial charge in [0.2, 0.25) is 5.91 Å². The van der Waals surface area contributed by atoms with Gasteiger partial charge in [-0.2, -0.15) is 0 Å². The lowest BCUT2D eigenvalue weighted by molar-refractivity contribution is -0.113. The molecule has 7 nitrogen and oxygen atoms in total. The molecule has 0 aliphatic rings. The predicted octanol–water partition coefficient (Wildman–Crippen LogP) is 6.10. The highest BCUT2D eigenvalue weighted by Crippen LogP contribution is 2.28. The number of halogens is 2. The van der Waals surface area contributed by atoms with E-state index in [0.717, 1.165) is 21.3 Å². The topological polar surface area (TPSA) is 88.9 Å². The zero-order valence-electron chi connectivity index (χ0n) is 20.4. The zero-order valence-corrected chi connectivity index (χ0v) is 23.5. The molecule has 3 aromatic rings. The van der Waals surface area contributed by atoms with Gasteiger partial charge in [-0.25, -0.2) is 0 Å². The zero-order chi connectivity index (χ0) is 25.7. The van der Waals surface area contributed by atoms with E-state index in [9.17, 15) is 9.59 Å². The van der Waals surface area contributed by atoms with Crippen LogP contribution in [0.5, 0.6) is 0 Å². The number of anilines is 1. The second-order valence-electron chi connectivity index (χ2n) is 8.79. The second-order valence-corrected chi connectivity index (χ2v) is 11.0. The molecule has 2 amide bonds. The number of rotatable bonds is 9. The SMILES string of the molecule is Cc1cc(Br)c(NC(=O)CSc2nnc([C@@H](CC(C)C)NC(=O)c3ccccc3Cl)n2C)cc1C. The molecule has 2 aromatic carbocycles. The number of aryl methyl sites for hydroxylation is 2. The van der Waals surface area contributed by atoms with Crippen LogP contribution in [-0.2, 0) is 11.8 Å². The highest BCUT2D eigenvalue weighted by Gasteiger charge is 2.24. The van der Waals surface area contributed by atoms with Gasteiger partial charge in [-0.15, -0.1) is 10.2 Å². The number of thioether (sulfide) groups is 1. The van der Waals surface area contributed by atoms with Crippen molar-refractivity contribution in [1.82, 2.24) is 20.1 Å². The maximum Gasteiger partial charge on any atom is 0.253 e. The molecule has 1 atom stereocenters. The van der Waals surface area contributed by atoms with E-state index in [4.69, 9.17) is 11.6 Å². The fraction of sp³-hybridized carbons (Fsp3) is 0.360. The fourth-order valence-electron chi connectivity index (χ4n) is 3.53. The van der Waals surface area contributed by atoms with Crippen LogP contribution >= 0.6 is 39.3 Å². The third-order valence-electron chi connectivity index (χ3n) is 5.50. The molecule has 2 N–H and O–H groups in total. The van der Waals surface area contributed by atoms with Crippen LogP contribution in [0.25, 0.3) is 0 Å². The summed E-state index contributed by atoms with van der Waals surface area (Å²) in [5.74, 6) is 0.693. The fourth-order valence-corrected chi connectivity index (χ4v) is 5.03.